The van der Waals surface area contributed by atoms with Crippen molar-refractivity contribution in [1.82, 2.24) is 14.8 Å². The Morgan fingerprint density at radius 3 is 2.39 bits per heavy atom. The van der Waals surface area contributed by atoms with Gasteiger partial charge >= 0.3 is 0 Å². The topological polar surface area (TPSA) is 97.2 Å². The normalized spacial score (nSPS) is 14.2. The van der Waals surface area contributed by atoms with Crippen LogP contribution in [0.5, 0.6) is 0 Å². The third kappa shape index (κ3) is 3.52. The molecule has 2 aromatic carbocycles. The van der Waals surface area contributed by atoms with E-state index in [1.807, 2.05) is 0 Å². The van der Waals surface area contributed by atoms with Gasteiger partial charge in [0.05, 0.1) is 11.4 Å². The number of carbonyl (C=O) groups is 3. The van der Waals surface area contributed by atoms with E-state index in [0.29, 0.717) is 36.2 Å². The number of nitrogens with zero attached hydrogens (tertiary/aromatic N) is 4. The molecule has 0 unspecified atom stereocenters. The first-order chi connectivity index (χ1) is 13.6. The molecule has 0 aliphatic carbocycles. The number of nitrogens with one attached hydrogen (secondary N) is 1. The Bertz CT molecular complexity index is 1010. The molecular weight excluding hydrogens is 358 g/mol. The molecule has 2 heterocycles. The minimum absolute atomic E-state index is 0.219. The molecule has 8 heteroatoms. The molecule has 1 aromatic heterocycles. The molecule has 1 aliphatic heterocycles. The minimum Gasteiger partial charge on any atom is -0.322 e. The summed E-state index contributed by atoms with van der Waals surface area (Å²) < 4.78 is 1.60. The lowest BCUT2D eigenvalue weighted by Gasteiger charge is -2.25. The molecule has 1 aliphatic rings. The van der Waals surface area contributed by atoms with Crippen molar-refractivity contribution in [3.63, 3.8) is 0 Å². The van der Waals surface area contributed by atoms with E-state index in [1.165, 1.54) is 11.2 Å². The summed E-state index contributed by atoms with van der Waals surface area (Å²) in [5.74, 6) is -0.731. The molecule has 140 valence electrons. The fourth-order valence-electron chi connectivity index (χ4n) is 3.07. The van der Waals surface area contributed by atoms with Gasteiger partial charge in [0.25, 0.3) is 5.91 Å². The Balaban J connectivity index is 1.50. The highest BCUT2D eigenvalue weighted by Gasteiger charge is 2.27. The van der Waals surface area contributed by atoms with E-state index >= 15 is 0 Å². The molecule has 28 heavy (non-hydrogen) atoms. The fourth-order valence-corrected chi connectivity index (χ4v) is 3.07. The van der Waals surface area contributed by atoms with Crippen LogP contribution in [0.2, 0.25) is 0 Å². The highest BCUT2D eigenvalue weighted by Crippen LogP contribution is 2.25. The lowest BCUT2D eigenvalue weighted by molar-refractivity contribution is -0.129. The molecular formula is C20H17N5O3. The van der Waals surface area contributed by atoms with E-state index in [0.717, 1.165) is 5.69 Å². The van der Waals surface area contributed by atoms with Gasteiger partial charge in [0, 0.05) is 24.1 Å². The third-order valence-electron chi connectivity index (χ3n) is 4.46. The van der Waals surface area contributed by atoms with Crippen LogP contribution >= 0.6 is 0 Å². The van der Waals surface area contributed by atoms with E-state index in [9.17, 15) is 14.4 Å². The van der Waals surface area contributed by atoms with Crippen molar-refractivity contribution >= 4 is 29.1 Å². The molecule has 1 fully saturated rings. The van der Waals surface area contributed by atoms with Gasteiger partial charge in [0.15, 0.2) is 0 Å². The number of benzene rings is 2. The molecule has 0 atom stereocenters. The van der Waals surface area contributed by atoms with Crippen LogP contribution in [-0.2, 0) is 9.59 Å². The number of carbonyl (C=O) groups excluding carboxylic acids is 3. The monoisotopic (exact) mass is 375 g/mol. The van der Waals surface area contributed by atoms with Crippen molar-refractivity contribution in [1.29, 1.82) is 0 Å². The Hall–Kier alpha value is -3.81. The number of amides is 3. The van der Waals surface area contributed by atoms with Crippen molar-refractivity contribution < 1.29 is 14.4 Å². The summed E-state index contributed by atoms with van der Waals surface area (Å²) in [4.78, 5) is 41.8. The van der Waals surface area contributed by atoms with Crippen molar-refractivity contribution in [3.05, 3.63) is 66.7 Å². The van der Waals surface area contributed by atoms with Crippen LogP contribution in [0.3, 0.4) is 0 Å². The van der Waals surface area contributed by atoms with Crippen LogP contribution in [0, 0.1) is 0 Å². The summed E-state index contributed by atoms with van der Waals surface area (Å²) in [6.07, 6.45) is 4.28. The maximum absolute atomic E-state index is 12.5. The van der Waals surface area contributed by atoms with Crippen LogP contribution in [-0.4, -0.2) is 32.5 Å². The number of rotatable bonds is 4. The minimum atomic E-state index is -0.293. The Labute approximate surface area is 160 Å². The first kappa shape index (κ1) is 17.6. The van der Waals surface area contributed by atoms with E-state index in [4.69, 9.17) is 0 Å². The standard InChI is InChI=1S/C20H17N5O3/c26-18-5-2-6-19(27)25(18)17-4-1-3-15(11-17)23-20(28)14-7-9-16(10-8-14)24-13-21-12-22-24/h1,3-4,7-13H,2,5-6H2,(H,23,28). The zero-order valence-electron chi connectivity index (χ0n) is 14.9. The summed E-state index contributed by atoms with van der Waals surface area (Å²) >= 11 is 0. The lowest BCUT2D eigenvalue weighted by atomic mass is 10.1. The van der Waals surface area contributed by atoms with Crippen molar-refractivity contribution in [2.75, 3.05) is 10.2 Å². The van der Waals surface area contributed by atoms with Crippen LogP contribution in [0.1, 0.15) is 29.6 Å². The van der Waals surface area contributed by atoms with E-state index in [2.05, 4.69) is 15.4 Å². The number of aromatic nitrogens is 3. The van der Waals surface area contributed by atoms with Crippen molar-refractivity contribution in [3.8, 4) is 5.69 Å². The smallest absolute Gasteiger partial charge is 0.255 e. The second kappa shape index (κ2) is 7.43. The number of anilines is 2. The van der Waals surface area contributed by atoms with Gasteiger partial charge in [0.1, 0.15) is 12.7 Å². The molecule has 0 saturated carbocycles. The molecule has 0 spiro atoms. The fraction of sp³-hybridized carbons (Fsp3) is 0.150. The Kier molecular flexibility index (Phi) is 4.67. The second-order valence-corrected chi connectivity index (χ2v) is 6.37. The largest absolute Gasteiger partial charge is 0.322 e. The van der Waals surface area contributed by atoms with Crippen LogP contribution in [0.15, 0.2) is 61.2 Å². The summed E-state index contributed by atoms with van der Waals surface area (Å²) in [7, 11) is 0. The maximum Gasteiger partial charge on any atom is 0.255 e. The van der Waals surface area contributed by atoms with Gasteiger partial charge in [-0.2, -0.15) is 5.10 Å². The maximum atomic E-state index is 12.5. The number of hydrogen-bond donors (Lipinski definition) is 1. The first-order valence-electron chi connectivity index (χ1n) is 8.84. The predicted octanol–water partition coefficient (Wildman–Crippen LogP) is 2.56. The van der Waals surface area contributed by atoms with Gasteiger partial charge in [-0.1, -0.05) is 6.07 Å². The summed E-state index contributed by atoms with van der Waals surface area (Å²) in [5.41, 5.74) is 2.24. The van der Waals surface area contributed by atoms with Gasteiger partial charge < -0.3 is 5.32 Å². The summed E-state index contributed by atoms with van der Waals surface area (Å²) in [5, 5.41) is 6.84. The van der Waals surface area contributed by atoms with Gasteiger partial charge in [-0.05, 0) is 48.9 Å². The zero-order valence-corrected chi connectivity index (χ0v) is 14.9. The molecule has 1 N–H and O–H groups in total. The van der Waals surface area contributed by atoms with Gasteiger partial charge in [-0.15, -0.1) is 0 Å². The molecule has 8 nitrogen and oxygen atoms in total. The second-order valence-electron chi connectivity index (χ2n) is 6.37. The molecule has 4 rings (SSSR count). The highest BCUT2D eigenvalue weighted by molar-refractivity contribution is 6.16. The number of hydrogen-bond acceptors (Lipinski definition) is 5. The van der Waals surface area contributed by atoms with Crippen LogP contribution in [0.4, 0.5) is 11.4 Å². The Morgan fingerprint density at radius 2 is 1.71 bits per heavy atom. The lowest BCUT2D eigenvalue weighted by Crippen LogP contribution is -2.40. The Morgan fingerprint density at radius 1 is 0.964 bits per heavy atom. The average Bonchev–Trinajstić information content (AvgIpc) is 3.23. The molecule has 3 amide bonds. The average molecular weight is 375 g/mol. The summed E-state index contributed by atoms with van der Waals surface area (Å²) in [6, 6.07) is 13.6. The van der Waals surface area contributed by atoms with Gasteiger partial charge in [0.2, 0.25) is 11.8 Å². The van der Waals surface area contributed by atoms with Gasteiger partial charge in [-0.3, -0.25) is 19.3 Å². The van der Waals surface area contributed by atoms with Crippen molar-refractivity contribution in [2.45, 2.75) is 19.3 Å². The molecule has 1 saturated heterocycles. The van der Waals surface area contributed by atoms with Gasteiger partial charge in [-0.25, -0.2) is 9.67 Å². The highest BCUT2D eigenvalue weighted by atomic mass is 16.2. The van der Waals surface area contributed by atoms with E-state index in [-0.39, 0.29) is 17.7 Å². The third-order valence-corrected chi connectivity index (χ3v) is 4.46. The SMILES string of the molecule is O=C(Nc1cccc(N2C(=O)CCCC2=O)c1)c1ccc(-n2cncn2)cc1. The summed E-state index contributed by atoms with van der Waals surface area (Å²) in [6.45, 7) is 0. The van der Waals surface area contributed by atoms with Crippen LogP contribution < -0.4 is 10.2 Å². The number of imide groups is 1. The van der Waals surface area contributed by atoms with Crippen LogP contribution in [0.25, 0.3) is 5.69 Å². The molecule has 3 aromatic rings. The van der Waals surface area contributed by atoms with E-state index < -0.39 is 0 Å². The molecule has 0 bridgehead atoms. The molecule has 0 radical (unpaired) electrons. The van der Waals surface area contributed by atoms with E-state index in [1.54, 1.807) is 59.5 Å². The quantitative estimate of drug-likeness (QED) is 0.707. The predicted molar refractivity (Wildman–Crippen MR) is 102 cm³/mol. The number of piperidine rings is 1. The first-order valence-corrected chi connectivity index (χ1v) is 8.84. The van der Waals surface area contributed by atoms with Crippen molar-refractivity contribution in [2.24, 2.45) is 0 Å². The zero-order chi connectivity index (χ0) is 19.5.